The zero-order valence-corrected chi connectivity index (χ0v) is 16.5. The van der Waals surface area contributed by atoms with Gasteiger partial charge in [0.1, 0.15) is 4.88 Å². The highest BCUT2D eigenvalue weighted by atomic mass is 32.1. The van der Waals surface area contributed by atoms with Gasteiger partial charge in [0.25, 0.3) is 5.91 Å². The fourth-order valence-corrected chi connectivity index (χ4v) is 4.47. The van der Waals surface area contributed by atoms with E-state index in [9.17, 15) is 9.59 Å². The maximum atomic E-state index is 12.5. The van der Waals surface area contributed by atoms with Crippen molar-refractivity contribution in [1.82, 2.24) is 14.8 Å². The van der Waals surface area contributed by atoms with E-state index in [0.29, 0.717) is 17.1 Å². The van der Waals surface area contributed by atoms with E-state index in [1.165, 1.54) is 11.3 Å². The van der Waals surface area contributed by atoms with Crippen LogP contribution >= 0.6 is 11.3 Å². The molecule has 0 spiro atoms. The van der Waals surface area contributed by atoms with Gasteiger partial charge in [0, 0.05) is 53.7 Å². The summed E-state index contributed by atoms with van der Waals surface area (Å²) < 4.78 is 0. The molecule has 146 valence electrons. The van der Waals surface area contributed by atoms with Crippen LogP contribution in [0.3, 0.4) is 0 Å². The molecule has 0 saturated carbocycles. The molecular weight excluding hydrogens is 374 g/mol. The smallest absolute Gasteiger partial charge is 0.260 e. The minimum absolute atomic E-state index is 0.129. The second-order valence-corrected chi connectivity index (χ2v) is 8.15. The maximum Gasteiger partial charge on any atom is 0.260 e. The van der Waals surface area contributed by atoms with Crippen molar-refractivity contribution in [2.24, 2.45) is 5.73 Å². The Kier molecular flexibility index (Phi) is 5.17. The molecule has 8 heteroatoms. The van der Waals surface area contributed by atoms with Crippen LogP contribution in [0.5, 0.6) is 0 Å². The Morgan fingerprint density at radius 3 is 2.71 bits per heavy atom. The predicted molar refractivity (Wildman–Crippen MR) is 113 cm³/mol. The van der Waals surface area contributed by atoms with Crippen molar-refractivity contribution < 1.29 is 9.59 Å². The first kappa shape index (κ1) is 18.7. The fraction of sp³-hybridized carbons (Fsp3) is 0.300. The molecule has 0 aliphatic carbocycles. The number of amides is 2. The third-order valence-corrected chi connectivity index (χ3v) is 6.23. The molecule has 1 fully saturated rings. The van der Waals surface area contributed by atoms with Crippen molar-refractivity contribution in [1.29, 1.82) is 0 Å². The zero-order chi connectivity index (χ0) is 19.7. The van der Waals surface area contributed by atoms with E-state index < -0.39 is 5.91 Å². The first-order valence-electron chi connectivity index (χ1n) is 9.22. The second-order valence-electron chi connectivity index (χ2n) is 7.09. The number of nitrogens with one attached hydrogen (secondary N) is 2. The quantitative estimate of drug-likeness (QED) is 0.615. The lowest BCUT2D eigenvalue weighted by Gasteiger charge is -2.31. The van der Waals surface area contributed by atoms with Gasteiger partial charge in [-0.15, -0.1) is 11.3 Å². The molecule has 0 atom stereocenters. The van der Waals surface area contributed by atoms with Crippen LogP contribution in [-0.4, -0.2) is 66.4 Å². The minimum Gasteiger partial charge on any atom is -0.365 e. The minimum atomic E-state index is -0.536. The molecule has 1 aliphatic rings. The number of aromatic amines is 1. The molecule has 1 saturated heterocycles. The summed E-state index contributed by atoms with van der Waals surface area (Å²) >= 11 is 1.30. The maximum absolute atomic E-state index is 12.5. The van der Waals surface area contributed by atoms with Crippen LogP contribution in [0.2, 0.25) is 0 Å². The van der Waals surface area contributed by atoms with Crippen molar-refractivity contribution in [2.75, 3.05) is 45.1 Å². The third-order valence-electron chi connectivity index (χ3n) is 5.05. The van der Waals surface area contributed by atoms with Crippen molar-refractivity contribution >= 4 is 39.7 Å². The Bertz CT molecular complexity index is 1020. The number of hydrogen-bond donors (Lipinski definition) is 3. The highest BCUT2D eigenvalue weighted by Gasteiger charge is 2.21. The molecule has 0 radical (unpaired) electrons. The van der Waals surface area contributed by atoms with E-state index in [1.807, 2.05) is 36.5 Å². The highest BCUT2D eigenvalue weighted by Crippen LogP contribution is 2.38. The van der Waals surface area contributed by atoms with Gasteiger partial charge < -0.3 is 20.9 Å². The first-order valence-corrected chi connectivity index (χ1v) is 10.0. The van der Waals surface area contributed by atoms with Gasteiger partial charge in [-0.3, -0.25) is 14.5 Å². The average Bonchev–Trinajstić information content (AvgIpc) is 3.27. The number of hydrogen-bond acceptors (Lipinski definition) is 5. The van der Waals surface area contributed by atoms with Crippen molar-refractivity contribution in [2.45, 2.75) is 0 Å². The van der Waals surface area contributed by atoms with E-state index in [1.54, 1.807) is 0 Å². The second kappa shape index (κ2) is 7.75. The van der Waals surface area contributed by atoms with Gasteiger partial charge in [-0.1, -0.05) is 18.2 Å². The number of para-hydroxylation sites is 1. The number of piperazine rings is 1. The Morgan fingerprint density at radius 1 is 1.21 bits per heavy atom. The molecule has 0 bridgehead atoms. The van der Waals surface area contributed by atoms with Gasteiger partial charge in [0.15, 0.2) is 0 Å². The molecule has 3 aromatic rings. The number of nitrogens with zero attached hydrogens (tertiary/aromatic N) is 2. The van der Waals surface area contributed by atoms with Crippen molar-refractivity contribution in [3.8, 4) is 10.4 Å². The Hall–Kier alpha value is -2.68. The van der Waals surface area contributed by atoms with E-state index >= 15 is 0 Å². The van der Waals surface area contributed by atoms with Crippen LogP contribution in [0.4, 0.5) is 5.69 Å². The van der Waals surface area contributed by atoms with Gasteiger partial charge in [-0.25, -0.2) is 0 Å². The number of fused-ring (bicyclic) bond motifs is 1. The summed E-state index contributed by atoms with van der Waals surface area (Å²) in [6.45, 7) is 3.92. The van der Waals surface area contributed by atoms with Crippen LogP contribution in [0, 0.1) is 0 Å². The van der Waals surface area contributed by atoms with Crippen LogP contribution in [0.15, 0.2) is 36.5 Å². The molecule has 28 heavy (non-hydrogen) atoms. The highest BCUT2D eigenvalue weighted by molar-refractivity contribution is 7.18. The van der Waals surface area contributed by atoms with E-state index in [4.69, 9.17) is 5.73 Å². The Labute approximate surface area is 167 Å². The van der Waals surface area contributed by atoms with Crippen LogP contribution < -0.4 is 11.1 Å². The number of H-pyrrole nitrogens is 1. The van der Waals surface area contributed by atoms with Crippen LogP contribution in [0.1, 0.15) is 9.67 Å². The standard InChI is InChI=1S/C20H23N5O2S/c1-24-6-8-25(9-7-24)12-18(26)23-16-10-17(28-19(16)20(21)27)14-11-22-15-5-3-2-4-13(14)15/h2-5,10-11,22H,6-9,12H2,1H3,(H2,21,27)(H,23,26). The van der Waals surface area contributed by atoms with Gasteiger partial charge in [-0.2, -0.15) is 0 Å². The zero-order valence-electron chi connectivity index (χ0n) is 15.7. The van der Waals surface area contributed by atoms with Crippen molar-refractivity contribution in [3.63, 3.8) is 0 Å². The fourth-order valence-electron chi connectivity index (χ4n) is 3.47. The van der Waals surface area contributed by atoms with E-state index in [2.05, 4.69) is 27.1 Å². The average molecular weight is 398 g/mol. The van der Waals surface area contributed by atoms with E-state index in [0.717, 1.165) is 47.5 Å². The third kappa shape index (κ3) is 3.80. The summed E-state index contributed by atoms with van der Waals surface area (Å²) in [5.41, 5.74) is 8.06. The molecular formula is C20H23N5O2S. The lowest BCUT2D eigenvalue weighted by Crippen LogP contribution is -2.47. The number of likely N-dealkylation sites (N-methyl/N-ethyl adjacent to an activating group) is 1. The molecule has 4 N–H and O–H groups in total. The van der Waals surface area contributed by atoms with Gasteiger partial charge in [0.2, 0.25) is 5.91 Å². The van der Waals surface area contributed by atoms with E-state index in [-0.39, 0.29) is 5.91 Å². The van der Waals surface area contributed by atoms with Crippen LogP contribution in [-0.2, 0) is 4.79 Å². The number of aromatic nitrogens is 1. The van der Waals surface area contributed by atoms with Gasteiger partial charge >= 0.3 is 0 Å². The first-order chi connectivity index (χ1) is 13.5. The molecule has 2 aromatic heterocycles. The summed E-state index contributed by atoms with van der Waals surface area (Å²) in [5, 5.41) is 3.95. The number of benzene rings is 1. The monoisotopic (exact) mass is 397 g/mol. The summed E-state index contributed by atoms with van der Waals surface area (Å²) in [6, 6.07) is 9.80. The molecule has 1 aromatic carbocycles. The summed E-state index contributed by atoms with van der Waals surface area (Å²) in [6.07, 6.45) is 1.91. The topological polar surface area (TPSA) is 94.5 Å². The number of anilines is 1. The SMILES string of the molecule is CN1CCN(CC(=O)Nc2cc(-c3c[nH]c4ccccc34)sc2C(N)=O)CC1. The number of nitrogens with two attached hydrogens (primary N) is 1. The molecule has 3 heterocycles. The summed E-state index contributed by atoms with van der Waals surface area (Å²) in [4.78, 5) is 33.3. The van der Waals surface area contributed by atoms with Crippen LogP contribution in [0.25, 0.3) is 21.3 Å². The number of carbonyl (C=O) groups is 2. The summed E-state index contributed by atoms with van der Waals surface area (Å²) in [5.74, 6) is -0.665. The molecule has 1 aliphatic heterocycles. The lowest BCUT2D eigenvalue weighted by molar-refractivity contribution is -0.117. The number of carbonyl (C=O) groups excluding carboxylic acids is 2. The normalized spacial score (nSPS) is 15.8. The Morgan fingerprint density at radius 2 is 1.96 bits per heavy atom. The predicted octanol–water partition coefficient (Wildman–Crippen LogP) is 2.18. The lowest BCUT2D eigenvalue weighted by atomic mass is 10.1. The number of thiophene rings is 1. The Balaban J connectivity index is 1.55. The largest absolute Gasteiger partial charge is 0.365 e. The number of rotatable bonds is 5. The van der Waals surface area contributed by atoms with Gasteiger partial charge in [-0.05, 0) is 19.2 Å². The molecule has 7 nitrogen and oxygen atoms in total. The van der Waals surface area contributed by atoms with Crippen molar-refractivity contribution in [3.05, 3.63) is 41.4 Å². The summed E-state index contributed by atoms with van der Waals surface area (Å²) in [7, 11) is 2.08. The molecule has 0 unspecified atom stereocenters. The molecule has 2 amide bonds. The molecule has 4 rings (SSSR count). The number of primary amides is 1. The van der Waals surface area contributed by atoms with Gasteiger partial charge in [0.05, 0.1) is 12.2 Å².